The Morgan fingerprint density at radius 2 is 2.20 bits per heavy atom. The molecule has 0 saturated carbocycles. The van der Waals surface area contributed by atoms with Crippen molar-refractivity contribution < 1.29 is 4.79 Å². The summed E-state index contributed by atoms with van der Waals surface area (Å²) in [5, 5.41) is 12.9. The Hall–Kier alpha value is -2.10. The fourth-order valence-electron chi connectivity index (χ4n) is 2.68. The first-order valence-electron chi connectivity index (χ1n) is 8.09. The average molecular weight is 373 g/mol. The van der Waals surface area contributed by atoms with E-state index in [1.54, 1.807) is 19.1 Å². The standard InChI is InChI=1S/C18H17ClN4OS/c1-11(17(24)23-16-7-6-14(19)10-21-16)25-18-13(9-20)8-12-4-2-3-5-15(12)22-18/h6-8,10-11H,2-5H2,1H3,(H,21,23,24). The van der Waals surface area contributed by atoms with Gasteiger partial charge < -0.3 is 5.32 Å². The normalized spacial score (nSPS) is 14.3. The van der Waals surface area contributed by atoms with E-state index >= 15 is 0 Å². The number of halogens is 1. The number of fused-ring (bicyclic) bond motifs is 1. The van der Waals surface area contributed by atoms with Crippen molar-refractivity contribution in [1.29, 1.82) is 5.26 Å². The van der Waals surface area contributed by atoms with Gasteiger partial charge in [-0.15, -0.1) is 0 Å². The number of nitrogens with zero attached hydrogens (tertiary/aromatic N) is 3. The van der Waals surface area contributed by atoms with Crippen molar-refractivity contribution in [2.24, 2.45) is 0 Å². The molecule has 1 aliphatic carbocycles. The predicted octanol–water partition coefficient (Wildman–Crippen LogP) is 4.00. The van der Waals surface area contributed by atoms with E-state index in [2.05, 4.69) is 21.4 Å². The number of amides is 1. The third-order valence-corrected chi connectivity index (χ3v) is 5.35. The molecule has 0 aromatic carbocycles. The summed E-state index contributed by atoms with van der Waals surface area (Å²) in [5.41, 5.74) is 2.75. The predicted molar refractivity (Wildman–Crippen MR) is 98.8 cm³/mol. The van der Waals surface area contributed by atoms with Gasteiger partial charge in [-0.1, -0.05) is 23.4 Å². The van der Waals surface area contributed by atoms with Gasteiger partial charge in [0.05, 0.1) is 15.8 Å². The molecule has 0 spiro atoms. The van der Waals surface area contributed by atoms with Crippen LogP contribution in [0.2, 0.25) is 5.02 Å². The Morgan fingerprint density at radius 1 is 1.40 bits per heavy atom. The van der Waals surface area contributed by atoms with Gasteiger partial charge >= 0.3 is 0 Å². The first kappa shape index (κ1) is 17.7. The molecule has 5 nitrogen and oxygen atoms in total. The number of anilines is 1. The van der Waals surface area contributed by atoms with Crippen molar-refractivity contribution in [3.8, 4) is 6.07 Å². The molecule has 3 rings (SSSR count). The zero-order valence-corrected chi connectivity index (χ0v) is 15.3. The molecule has 0 radical (unpaired) electrons. The van der Waals surface area contributed by atoms with E-state index in [4.69, 9.17) is 11.6 Å². The zero-order chi connectivity index (χ0) is 17.8. The quantitative estimate of drug-likeness (QED) is 0.820. The first-order chi connectivity index (χ1) is 12.1. The summed E-state index contributed by atoms with van der Waals surface area (Å²) < 4.78 is 0. The fourth-order valence-corrected chi connectivity index (χ4v) is 3.69. The van der Waals surface area contributed by atoms with E-state index in [1.807, 2.05) is 6.07 Å². The molecule has 1 amide bonds. The van der Waals surface area contributed by atoms with Gasteiger partial charge in [0.15, 0.2) is 0 Å². The number of hydrogen-bond donors (Lipinski definition) is 1. The van der Waals surface area contributed by atoms with Gasteiger partial charge in [0.2, 0.25) is 5.91 Å². The first-order valence-corrected chi connectivity index (χ1v) is 9.34. The number of aromatic nitrogens is 2. The monoisotopic (exact) mass is 372 g/mol. The summed E-state index contributed by atoms with van der Waals surface area (Å²) in [6.07, 6.45) is 5.64. The van der Waals surface area contributed by atoms with Crippen LogP contribution in [-0.2, 0) is 17.6 Å². The number of thioether (sulfide) groups is 1. The van der Waals surface area contributed by atoms with Crippen molar-refractivity contribution in [2.75, 3.05) is 5.32 Å². The lowest BCUT2D eigenvalue weighted by atomic mass is 9.95. The van der Waals surface area contributed by atoms with Crippen LogP contribution in [-0.4, -0.2) is 21.1 Å². The maximum absolute atomic E-state index is 12.4. The summed E-state index contributed by atoms with van der Waals surface area (Å²) in [4.78, 5) is 21.1. The Kier molecular flexibility index (Phi) is 5.57. The highest BCUT2D eigenvalue weighted by molar-refractivity contribution is 8.00. The molecule has 7 heteroatoms. The summed E-state index contributed by atoms with van der Waals surface area (Å²) in [7, 11) is 0. The minimum Gasteiger partial charge on any atom is -0.310 e. The maximum atomic E-state index is 12.4. The Bertz CT molecular complexity index is 832. The summed E-state index contributed by atoms with van der Waals surface area (Å²) in [5.74, 6) is 0.254. The Balaban J connectivity index is 1.73. The molecule has 2 aromatic rings. The zero-order valence-electron chi connectivity index (χ0n) is 13.8. The van der Waals surface area contributed by atoms with Gasteiger partial charge in [-0.25, -0.2) is 9.97 Å². The Labute approximate surface area is 155 Å². The van der Waals surface area contributed by atoms with E-state index in [0.29, 0.717) is 21.4 Å². The second kappa shape index (κ2) is 7.85. The highest BCUT2D eigenvalue weighted by Crippen LogP contribution is 2.30. The van der Waals surface area contributed by atoms with Crippen LogP contribution in [0, 0.1) is 11.3 Å². The van der Waals surface area contributed by atoms with Gasteiger partial charge in [-0.05, 0) is 56.4 Å². The third-order valence-electron chi connectivity index (χ3n) is 4.02. The second-order valence-electron chi connectivity index (χ2n) is 5.88. The topological polar surface area (TPSA) is 78.7 Å². The Morgan fingerprint density at radius 3 is 2.92 bits per heavy atom. The second-order valence-corrected chi connectivity index (χ2v) is 7.64. The van der Waals surface area contributed by atoms with Crippen LogP contribution in [0.3, 0.4) is 0 Å². The van der Waals surface area contributed by atoms with E-state index in [9.17, 15) is 10.1 Å². The van der Waals surface area contributed by atoms with Crippen molar-refractivity contribution in [1.82, 2.24) is 9.97 Å². The third kappa shape index (κ3) is 4.30. The van der Waals surface area contributed by atoms with E-state index in [0.717, 1.165) is 36.9 Å². The number of aryl methyl sites for hydroxylation is 2. The van der Waals surface area contributed by atoms with Crippen LogP contribution in [0.15, 0.2) is 29.4 Å². The van der Waals surface area contributed by atoms with Crippen LogP contribution in [0.25, 0.3) is 0 Å². The van der Waals surface area contributed by atoms with Crippen molar-refractivity contribution in [3.05, 3.63) is 46.2 Å². The van der Waals surface area contributed by atoms with Crippen LogP contribution in [0.4, 0.5) is 5.82 Å². The molecule has 2 aromatic heterocycles. The molecule has 1 aliphatic rings. The number of nitrogens with one attached hydrogen (secondary N) is 1. The number of nitriles is 1. The lowest BCUT2D eigenvalue weighted by Crippen LogP contribution is -2.23. The van der Waals surface area contributed by atoms with Gasteiger partial charge in [0, 0.05) is 11.9 Å². The lowest BCUT2D eigenvalue weighted by Gasteiger charge is -2.18. The van der Waals surface area contributed by atoms with Gasteiger partial charge in [0.25, 0.3) is 0 Å². The highest BCUT2D eigenvalue weighted by atomic mass is 35.5. The summed E-state index contributed by atoms with van der Waals surface area (Å²) in [6.45, 7) is 1.79. The van der Waals surface area contributed by atoms with Crippen molar-refractivity contribution >= 4 is 35.1 Å². The molecule has 2 heterocycles. The number of carbonyl (C=O) groups is 1. The molecule has 0 fully saturated rings. The van der Waals surface area contributed by atoms with Crippen LogP contribution in [0.1, 0.15) is 36.6 Å². The van der Waals surface area contributed by atoms with Crippen LogP contribution in [0.5, 0.6) is 0 Å². The summed E-state index contributed by atoms with van der Waals surface area (Å²) in [6, 6.07) is 7.45. The molecule has 1 N–H and O–H groups in total. The van der Waals surface area contributed by atoms with Crippen molar-refractivity contribution in [3.63, 3.8) is 0 Å². The average Bonchev–Trinajstić information content (AvgIpc) is 2.63. The molecule has 1 unspecified atom stereocenters. The molecule has 1 atom stereocenters. The largest absolute Gasteiger partial charge is 0.310 e. The SMILES string of the molecule is CC(Sc1nc2c(cc1C#N)CCCC2)C(=O)Nc1ccc(Cl)cn1. The molecule has 25 heavy (non-hydrogen) atoms. The van der Waals surface area contributed by atoms with Crippen LogP contribution >= 0.6 is 23.4 Å². The van der Waals surface area contributed by atoms with E-state index in [1.165, 1.54) is 18.0 Å². The fraction of sp³-hybridized carbons (Fsp3) is 0.333. The summed E-state index contributed by atoms with van der Waals surface area (Å²) >= 11 is 7.09. The molecular weight excluding hydrogens is 356 g/mol. The lowest BCUT2D eigenvalue weighted by molar-refractivity contribution is -0.115. The highest BCUT2D eigenvalue weighted by Gasteiger charge is 2.21. The van der Waals surface area contributed by atoms with Gasteiger partial charge in [0.1, 0.15) is 16.9 Å². The van der Waals surface area contributed by atoms with E-state index in [-0.39, 0.29) is 5.91 Å². The maximum Gasteiger partial charge on any atom is 0.238 e. The van der Waals surface area contributed by atoms with Crippen molar-refractivity contribution in [2.45, 2.75) is 42.9 Å². The number of hydrogen-bond acceptors (Lipinski definition) is 5. The van der Waals surface area contributed by atoms with E-state index < -0.39 is 5.25 Å². The smallest absolute Gasteiger partial charge is 0.238 e. The molecule has 128 valence electrons. The van der Waals surface area contributed by atoms with Gasteiger partial charge in [-0.2, -0.15) is 5.26 Å². The number of rotatable bonds is 4. The minimum atomic E-state index is -0.404. The van der Waals surface area contributed by atoms with Gasteiger partial charge in [-0.3, -0.25) is 4.79 Å². The minimum absolute atomic E-state index is 0.191. The molecule has 0 bridgehead atoms. The molecular formula is C18H17ClN4OS. The number of pyridine rings is 2. The number of carbonyl (C=O) groups excluding carboxylic acids is 1. The molecule has 0 aliphatic heterocycles. The molecule has 0 saturated heterocycles. The van der Waals surface area contributed by atoms with Crippen LogP contribution < -0.4 is 5.32 Å².